The number of hydrogen-bond donors (Lipinski definition) is 5. The summed E-state index contributed by atoms with van der Waals surface area (Å²) in [7, 11) is 1.45. The van der Waals surface area contributed by atoms with Crippen LogP contribution in [0.2, 0.25) is 35.7 Å². The highest BCUT2D eigenvalue weighted by atomic mass is 35.5. The van der Waals surface area contributed by atoms with E-state index in [1.54, 1.807) is 47.3 Å². The number of carbonyl (C=O) groups excluding carboxylic acids is 2. The van der Waals surface area contributed by atoms with Crippen LogP contribution in [0.15, 0.2) is 82.6 Å². The summed E-state index contributed by atoms with van der Waals surface area (Å²) < 4.78 is 16.9. The summed E-state index contributed by atoms with van der Waals surface area (Å²) in [6, 6.07) is 19.7. The number of amides is 2. The van der Waals surface area contributed by atoms with Gasteiger partial charge < -0.3 is 40.5 Å². The lowest BCUT2D eigenvalue weighted by molar-refractivity contribution is 0.0876. The third-order valence-corrected chi connectivity index (χ3v) is 14.5. The maximum Gasteiger partial charge on any atom is 0.407 e. The Morgan fingerprint density at radius 1 is 0.691 bits per heavy atom. The lowest BCUT2D eigenvalue weighted by Gasteiger charge is -2.29. The highest BCUT2D eigenvalue weighted by molar-refractivity contribution is 6.76. The van der Waals surface area contributed by atoms with E-state index in [1.165, 1.54) is 14.2 Å². The van der Waals surface area contributed by atoms with E-state index in [0.717, 1.165) is 68.2 Å². The molecule has 6 aromatic rings. The molecule has 2 aromatic carbocycles. The zero-order chi connectivity index (χ0) is 48.4. The molecule has 0 unspecified atom stereocenters. The molecule has 2 aliphatic rings. The second kappa shape index (κ2) is 22.8. The number of alkyl carbamates (subject to hydrolysis) is 2. The van der Waals surface area contributed by atoms with Gasteiger partial charge in [-0.25, -0.2) is 19.6 Å². The Hall–Kier alpha value is -6.08. The number of halogens is 2. The van der Waals surface area contributed by atoms with E-state index in [9.17, 15) is 19.2 Å². The van der Waals surface area contributed by atoms with Gasteiger partial charge in [-0.3, -0.25) is 14.2 Å². The number of fused-ring (bicyclic) bond motifs is 2. The van der Waals surface area contributed by atoms with E-state index in [4.69, 9.17) is 37.7 Å². The number of methoxy groups -OCH3 is 2. The van der Waals surface area contributed by atoms with E-state index in [0.29, 0.717) is 62.1 Å². The predicted molar refractivity (Wildman–Crippen MR) is 269 cm³/mol. The van der Waals surface area contributed by atoms with Gasteiger partial charge in [0.15, 0.2) is 0 Å². The number of pyridine rings is 2. The summed E-state index contributed by atoms with van der Waals surface area (Å²) in [6.45, 7) is 7.55. The molecular formula is C48H58Cl2N10O7Si. The third kappa shape index (κ3) is 13.1. The van der Waals surface area contributed by atoms with E-state index >= 15 is 0 Å². The van der Waals surface area contributed by atoms with Crippen molar-refractivity contribution < 1.29 is 23.8 Å². The van der Waals surface area contributed by atoms with Crippen LogP contribution in [0.5, 0.6) is 0 Å². The van der Waals surface area contributed by atoms with Crippen molar-refractivity contribution in [2.24, 2.45) is 0 Å². The van der Waals surface area contributed by atoms with Gasteiger partial charge in [0.25, 0.3) is 11.1 Å². The average Bonchev–Trinajstić information content (AvgIpc) is 3.32. The fourth-order valence-electron chi connectivity index (χ4n) is 8.28. The largest absolute Gasteiger partial charge is 0.453 e. The number of anilines is 2. The minimum Gasteiger partial charge on any atom is -0.453 e. The number of nitrogens with one attached hydrogen (secondary N) is 5. The van der Waals surface area contributed by atoms with Crippen LogP contribution in [0.3, 0.4) is 0 Å². The Morgan fingerprint density at radius 3 is 1.71 bits per heavy atom. The van der Waals surface area contributed by atoms with Crippen molar-refractivity contribution in [3.05, 3.63) is 104 Å². The molecule has 20 heteroatoms. The number of aromatic amines is 1. The number of nitrogens with zero attached hydrogens (tertiary/aromatic N) is 5. The SMILES string of the molecule is COC(=O)NC1CCC(Nc2ncc3cc(-c4ccccc4Cl)c(=O)[nH]c3n2)CC1.COC(=O)NC1CCC(Nc2ncc3cc(-c4ccccc4Cl)c(=O)n(COCC[Si](C)(C)C)c3n2)CC1. The first-order chi connectivity index (χ1) is 32.7. The van der Waals surface area contributed by atoms with Crippen molar-refractivity contribution in [1.82, 2.24) is 40.1 Å². The molecule has 0 radical (unpaired) electrons. The van der Waals surface area contributed by atoms with Crippen LogP contribution in [0.25, 0.3) is 44.3 Å². The second-order valence-electron chi connectivity index (χ2n) is 18.2. The molecule has 0 aliphatic heterocycles. The Labute approximate surface area is 405 Å². The molecule has 8 rings (SSSR count). The minimum atomic E-state index is -1.28. The minimum absolute atomic E-state index is 0.0961. The van der Waals surface area contributed by atoms with Gasteiger partial charge in [0.1, 0.15) is 18.0 Å². The van der Waals surface area contributed by atoms with Crippen LogP contribution in [-0.4, -0.2) is 94.7 Å². The van der Waals surface area contributed by atoms with Gasteiger partial charge in [0.2, 0.25) is 11.9 Å². The van der Waals surface area contributed by atoms with E-state index in [1.807, 2.05) is 30.3 Å². The zero-order valence-corrected chi connectivity index (χ0v) is 41.4. The van der Waals surface area contributed by atoms with E-state index < -0.39 is 20.3 Å². The Morgan fingerprint density at radius 2 is 1.18 bits per heavy atom. The summed E-state index contributed by atoms with van der Waals surface area (Å²) in [5, 5.41) is 14.9. The number of benzene rings is 2. The Bertz CT molecular complexity index is 2840. The highest BCUT2D eigenvalue weighted by Gasteiger charge is 2.25. The quantitative estimate of drug-likeness (QED) is 0.0539. The van der Waals surface area contributed by atoms with Gasteiger partial charge in [0.05, 0.1) is 14.2 Å². The summed E-state index contributed by atoms with van der Waals surface area (Å²) in [4.78, 5) is 70.1. The molecule has 2 fully saturated rings. The van der Waals surface area contributed by atoms with Crippen LogP contribution in [-0.2, 0) is 20.9 Å². The number of rotatable bonds is 13. The number of hydrogen-bond acceptors (Lipinski definition) is 13. The van der Waals surface area contributed by atoms with Crippen LogP contribution < -0.4 is 32.4 Å². The van der Waals surface area contributed by atoms with Gasteiger partial charge in [-0.05, 0) is 81.7 Å². The molecule has 0 bridgehead atoms. The van der Waals surface area contributed by atoms with Crippen LogP contribution >= 0.6 is 23.2 Å². The first-order valence-electron chi connectivity index (χ1n) is 22.8. The molecule has 360 valence electrons. The number of aromatic nitrogens is 6. The maximum atomic E-state index is 13.7. The zero-order valence-electron chi connectivity index (χ0n) is 38.9. The molecule has 2 saturated carbocycles. The highest BCUT2D eigenvalue weighted by Crippen LogP contribution is 2.30. The molecule has 4 aromatic heterocycles. The first kappa shape index (κ1) is 49.8. The fourth-order valence-corrected chi connectivity index (χ4v) is 9.51. The third-order valence-electron chi connectivity index (χ3n) is 12.1. The molecule has 68 heavy (non-hydrogen) atoms. The maximum absolute atomic E-state index is 13.7. The van der Waals surface area contributed by atoms with Crippen molar-refractivity contribution >= 4 is 77.4 Å². The lowest BCUT2D eigenvalue weighted by Crippen LogP contribution is -2.40. The molecular weight excluding hydrogens is 928 g/mol. The van der Waals surface area contributed by atoms with Crippen molar-refractivity contribution in [3.8, 4) is 22.3 Å². The predicted octanol–water partition coefficient (Wildman–Crippen LogP) is 9.22. The van der Waals surface area contributed by atoms with Gasteiger partial charge >= 0.3 is 12.2 Å². The van der Waals surface area contributed by atoms with E-state index in [-0.39, 0.29) is 42.0 Å². The molecule has 4 heterocycles. The van der Waals surface area contributed by atoms with Crippen LogP contribution in [0.1, 0.15) is 51.4 Å². The fraction of sp³-hybridized carbons (Fsp3) is 0.417. The summed E-state index contributed by atoms with van der Waals surface area (Å²) in [5.41, 5.74) is 2.81. The summed E-state index contributed by atoms with van der Waals surface area (Å²) in [5.74, 6) is 0.927. The van der Waals surface area contributed by atoms with Gasteiger partial charge in [0, 0.05) is 94.3 Å². The van der Waals surface area contributed by atoms with Crippen LogP contribution in [0, 0.1) is 0 Å². The van der Waals surface area contributed by atoms with Crippen molar-refractivity contribution in [3.63, 3.8) is 0 Å². The molecule has 0 spiro atoms. The molecule has 0 atom stereocenters. The van der Waals surface area contributed by atoms with Gasteiger partial charge in [-0.1, -0.05) is 79.2 Å². The molecule has 17 nitrogen and oxygen atoms in total. The van der Waals surface area contributed by atoms with E-state index in [2.05, 4.69) is 65.6 Å². The van der Waals surface area contributed by atoms with Crippen molar-refractivity contribution in [2.75, 3.05) is 31.5 Å². The number of H-pyrrole nitrogens is 1. The smallest absolute Gasteiger partial charge is 0.407 e. The lowest BCUT2D eigenvalue weighted by atomic mass is 9.91. The van der Waals surface area contributed by atoms with Crippen molar-refractivity contribution in [2.45, 2.75) is 108 Å². The number of ether oxygens (including phenoxy) is 3. The van der Waals surface area contributed by atoms with Gasteiger partial charge in [-0.15, -0.1) is 0 Å². The summed E-state index contributed by atoms with van der Waals surface area (Å²) in [6.07, 6.45) is 9.42. The first-order valence-corrected chi connectivity index (χ1v) is 27.2. The topological polar surface area (TPSA) is 216 Å². The molecule has 2 aliphatic carbocycles. The number of carbonyl (C=O) groups is 2. The molecule has 2 amide bonds. The Kier molecular flexibility index (Phi) is 16.7. The van der Waals surface area contributed by atoms with Gasteiger partial charge in [-0.2, -0.15) is 9.97 Å². The monoisotopic (exact) mass is 984 g/mol. The van der Waals surface area contributed by atoms with Crippen molar-refractivity contribution in [1.29, 1.82) is 0 Å². The van der Waals surface area contributed by atoms with Crippen LogP contribution in [0.4, 0.5) is 21.5 Å². The summed E-state index contributed by atoms with van der Waals surface area (Å²) >= 11 is 12.7. The molecule has 0 saturated heterocycles. The Balaban J connectivity index is 0.000000207. The standard InChI is InChI=1S/C27H36ClN5O4Si.C21H22ClN5O3/c1-36-27(35)31-20-11-9-19(10-12-20)30-26-29-16-18-15-22(21-7-5-6-8-23(21)28)25(34)33(24(18)32-26)17-37-13-14-38(2,3)4;1-30-21(29)25-14-8-6-13(7-9-14)24-20-23-11-12-10-16(19(28)26-18(12)27-20)15-4-2-3-5-17(15)22/h5-8,15-16,19-20H,9-14,17H2,1-4H3,(H,31,35)(H,29,30,32);2-5,10-11,13-14H,6-9H2,1H3,(H,25,29)(H2,23,24,26,27,28). The normalized spacial score (nSPS) is 18.2. The second-order valence-corrected chi connectivity index (χ2v) is 24.7. The molecule has 5 N–H and O–H groups in total. The average molecular weight is 986 g/mol.